The van der Waals surface area contributed by atoms with Gasteiger partial charge in [-0.05, 0) is 43.4 Å². The van der Waals surface area contributed by atoms with Crippen molar-refractivity contribution in [1.29, 1.82) is 0 Å². The van der Waals surface area contributed by atoms with Crippen molar-refractivity contribution in [2.24, 2.45) is 0 Å². The molecule has 0 saturated heterocycles. The second-order valence-electron chi connectivity index (χ2n) is 5.36. The molecule has 1 aliphatic rings. The molecule has 0 unspecified atom stereocenters. The Morgan fingerprint density at radius 2 is 1.85 bits per heavy atom. The average Bonchev–Trinajstić information content (AvgIpc) is 2.91. The van der Waals surface area contributed by atoms with Crippen LogP contribution < -0.4 is 0 Å². The summed E-state index contributed by atoms with van der Waals surface area (Å²) in [6.45, 7) is 0. The molecular formula is C15H17FN2O2. The van der Waals surface area contributed by atoms with Crippen molar-refractivity contribution in [3.8, 4) is 0 Å². The highest BCUT2D eigenvalue weighted by Gasteiger charge is 2.25. The first-order chi connectivity index (χ1) is 9.70. The molecule has 4 nitrogen and oxygen atoms in total. The summed E-state index contributed by atoms with van der Waals surface area (Å²) in [5, 5.41) is 13.5. The number of hydrogen-bond donors (Lipinski definition) is 1. The Hall–Kier alpha value is -1.75. The zero-order valence-electron chi connectivity index (χ0n) is 11.1. The number of aliphatic hydroxyl groups is 1. The molecule has 106 valence electrons. The smallest absolute Gasteiger partial charge is 0.229 e. The summed E-state index contributed by atoms with van der Waals surface area (Å²) in [7, 11) is 0. The lowest BCUT2D eigenvalue weighted by atomic mass is 9.87. The number of aliphatic hydroxyl groups excluding tert-OH is 1. The summed E-state index contributed by atoms with van der Waals surface area (Å²) in [4.78, 5) is 4.42. The normalized spacial score (nSPS) is 22.9. The van der Waals surface area contributed by atoms with Gasteiger partial charge in [-0.1, -0.05) is 17.3 Å². The lowest BCUT2D eigenvalue weighted by Crippen LogP contribution is -2.17. The minimum absolute atomic E-state index is 0.187. The van der Waals surface area contributed by atoms with E-state index < -0.39 is 0 Å². The molecule has 0 amide bonds. The molecule has 1 aliphatic carbocycles. The van der Waals surface area contributed by atoms with Gasteiger partial charge in [0.2, 0.25) is 5.89 Å². The number of hydrogen-bond acceptors (Lipinski definition) is 4. The minimum atomic E-state index is -0.247. The van der Waals surface area contributed by atoms with Gasteiger partial charge in [0.05, 0.1) is 6.10 Å². The number of rotatable bonds is 3. The van der Waals surface area contributed by atoms with Crippen molar-refractivity contribution in [3.63, 3.8) is 0 Å². The molecule has 5 heteroatoms. The van der Waals surface area contributed by atoms with Gasteiger partial charge in [0.25, 0.3) is 0 Å². The van der Waals surface area contributed by atoms with Crippen LogP contribution in [0.1, 0.15) is 48.9 Å². The predicted octanol–water partition coefficient (Wildman–Crippen LogP) is 2.82. The van der Waals surface area contributed by atoms with Crippen LogP contribution in [0.4, 0.5) is 4.39 Å². The third-order valence-electron chi connectivity index (χ3n) is 3.81. The summed E-state index contributed by atoms with van der Waals surface area (Å²) < 4.78 is 18.2. The van der Waals surface area contributed by atoms with Gasteiger partial charge in [0.15, 0.2) is 5.82 Å². The topological polar surface area (TPSA) is 59.2 Å². The first-order valence-electron chi connectivity index (χ1n) is 6.95. The second kappa shape index (κ2) is 5.71. The van der Waals surface area contributed by atoms with Gasteiger partial charge in [-0.2, -0.15) is 4.98 Å². The molecule has 1 aromatic heterocycles. The number of nitrogens with zero attached hydrogens (tertiary/aromatic N) is 2. The third kappa shape index (κ3) is 3.04. The Balaban J connectivity index is 1.66. The molecule has 2 aromatic rings. The van der Waals surface area contributed by atoms with Crippen LogP contribution in [0.3, 0.4) is 0 Å². The fourth-order valence-corrected chi connectivity index (χ4v) is 2.61. The Morgan fingerprint density at radius 3 is 2.55 bits per heavy atom. The minimum Gasteiger partial charge on any atom is -0.393 e. The van der Waals surface area contributed by atoms with Crippen molar-refractivity contribution in [2.45, 2.75) is 44.1 Å². The van der Waals surface area contributed by atoms with Crippen LogP contribution in [0.25, 0.3) is 0 Å². The van der Waals surface area contributed by atoms with E-state index in [4.69, 9.17) is 4.52 Å². The van der Waals surface area contributed by atoms with Gasteiger partial charge in [0.1, 0.15) is 5.82 Å². The third-order valence-corrected chi connectivity index (χ3v) is 3.81. The zero-order valence-corrected chi connectivity index (χ0v) is 11.1. The van der Waals surface area contributed by atoms with Crippen molar-refractivity contribution in [3.05, 3.63) is 47.4 Å². The maximum absolute atomic E-state index is 12.8. The molecule has 1 heterocycles. The molecule has 20 heavy (non-hydrogen) atoms. The highest BCUT2D eigenvalue weighted by molar-refractivity contribution is 5.19. The van der Waals surface area contributed by atoms with E-state index in [0.29, 0.717) is 18.1 Å². The fraction of sp³-hybridized carbons (Fsp3) is 0.467. The number of halogens is 1. The van der Waals surface area contributed by atoms with E-state index in [0.717, 1.165) is 31.2 Å². The Labute approximate surface area is 116 Å². The van der Waals surface area contributed by atoms with E-state index in [1.807, 2.05) is 0 Å². The van der Waals surface area contributed by atoms with Crippen molar-refractivity contribution in [2.75, 3.05) is 0 Å². The summed E-state index contributed by atoms with van der Waals surface area (Å²) in [5.74, 6) is 1.29. The Bertz CT molecular complexity index is 560. The monoisotopic (exact) mass is 276 g/mol. The highest BCUT2D eigenvalue weighted by atomic mass is 19.1. The van der Waals surface area contributed by atoms with Gasteiger partial charge >= 0.3 is 0 Å². The number of aromatic nitrogens is 2. The summed E-state index contributed by atoms with van der Waals surface area (Å²) >= 11 is 0. The molecule has 0 bridgehead atoms. The highest BCUT2D eigenvalue weighted by Crippen LogP contribution is 2.31. The maximum Gasteiger partial charge on any atom is 0.229 e. The van der Waals surface area contributed by atoms with E-state index >= 15 is 0 Å². The largest absolute Gasteiger partial charge is 0.393 e. The van der Waals surface area contributed by atoms with E-state index in [1.54, 1.807) is 12.1 Å². The maximum atomic E-state index is 12.8. The van der Waals surface area contributed by atoms with Gasteiger partial charge in [-0.3, -0.25) is 0 Å². The van der Waals surface area contributed by atoms with Gasteiger partial charge in [0, 0.05) is 12.3 Å². The molecule has 1 saturated carbocycles. The molecule has 0 radical (unpaired) electrons. The Morgan fingerprint density at radius 1 is 1.15 bits per heavy atom. The molecule has 1 N–H and O–H groups in total. The average molecular weight is 276 g/mol. The molecule has 3 rings (SSSR count). The van der Waals surface area contributed by atoms with Gasteiger partial charge in [-0.25, -0.2) is 4.39 Å². The summed E-state index contributed by atoms with van der Waals surface area (Å²) in [6.07, 6.45) is 3.71. The molecule has 0 atom stereocenters. The second-order valence-corrected chi connectivity index (χ2v) is 5.36. The van der Waals surface area contributed by atoms with Crippen molar-refractivity contribution < 1.29 is 14.0 Å². The molecule has 0 aliphatic heterocycles. The molecule has 1 fully saturated rings. The molecule has 1 aromatic carbocycles. The SMILES string of the molecule is OC1CCC(c2nc(Cc3ccc(F)cc3)no2)CC1. The van der Waals surface area contributed by atoms with Crippen LogP contribution in [0.5, 0.6) is 0 Å². The predicted molar refractivity (Wildman–Crippen MR) is 70.7 cm³/mol. The lowest BCUT2D eigenvalue weighted by molar-refractivity contribution is 0.116. The molecule has 0 spiro atoms. The van der Waals surface area contributed by atoms with Gasteiger partial charge < -0.3 is 9.63 Å². The van der Waals surface area contributed by atoms with E-state index in [-0.39, 0.29) is 17.8 Å². The van der Waals surface area contributed by atoms with Gasteiger partial charge in [-0.15, -0.1) is 0 Å². The van der Waals surface area contributed by atoms with Crippen LogP contribution in [0, 0.1) is 5.82 Å². The van der Waals surface area contributed by atoms with Crippen LogP contribution in [0.2, 0.25) is 0 Å². The standard InChI is InChI=1S/C15H17FN2O2/c16-12-5-1-10(2-6-12)9-14-17-15(20-18-14)11-3-7-13(19)8-4-11/h1-2,5-6,11,13,19H,3-4,7-9H2. The van der Waals surface area contributed by atoms with Crippen LogP contribution >= 0.6 is 0 Å². The van der Waals surface area contributed by atoms with Crippen molar-refractivity contribution >= 4 is 0 Å². The quantitative estimate of drug-likeness (QED) is 0.936. The fourth-order valence-electron chi connectivity index (χ4n) is 2.61. The summed E-state index contributed by atoms with van der Waals surface area (Å²) in [5.41, 5.74) is 0.956. The Kier molecular flexibility index (Phi) is 3.78. The number of benzene rings is 1. The lowest BCUT2D eigenvalue weighted by Gasteiger charge is -2.22. The first kappa shape index (κ1) is 13.2. The van der Waals surface area contributed by atoms with E-state index in [9.17, 15) is 9.50 Å². The first-order valence-corrected chi connectivity index (χ1v) is 6.95. The van der Waals surface area contributed by atoms with Crippen LogP contribution in [0.15, 0.2) is 28.8 Å². The van der Waals surface area contributed by atoms with E-state index in [1.165, 1.54) is 12.1 Å². The van der Waals surface area contributed by atoms with Crippen molar-refractivity contribution in [1.82, 2.24) is 10.1 Å². The van der Waals surface area contributed by atoms with Crippen LogP contribution in [-0.4, -0.2) is 21.4 Å². The van der Waals surface area contributed by atoms with Crippen LogP contribution in [-0.2, 0) is 6.42 Å². The molecular weight excluding hydrogens is 259 g/mol. The van der Waals surface area contributed by atoms with E-state index in [2.05, 4.69) is 10.1 Å². The summed E-state index contributed by atoms with van der Waals surface area (Å²) in [6, 6.07) is 6.31. The zero-order chi connectivity index (χ0) is 13.9.